The lowest BCUT2D eigenvalue weighted by Crippen LogP contribution is -2.53. The number of rotatable bonds is 8. The second kappa shape index (κ2) is 10.1. The number of ether oxygens (including phenoxy) is 2. The van der Waals surface area contributed by atoms with Gasteiger partial charge in [-0.15, -0.1) is 5.10 Å². The molecule has 4 aromatic heterocycles. The lowest BCUT2D eigenvalue weighted by Gasteiger charge is -2.36. The highest BCUT2D eigenvalue weighted by Crippen LogP contribution is 2.58. The van der Waals surface area contributed by atoms with Crippen molar-refractivity contribution in [3.05, 3.63) is 23.0 Å². The molecule has 7 rings (SSSR count). The molecular formula is C20H23FN11O9PS. The van der Waals surface area contributed by atoms with Crippen molar-refractivity contribution in [2.75, 3.05) is 24.7 Å². The number of aliphatic hydroxyl groups excluding tert-OH is 1. The van der Waals surface area contributed by atoms with E-state index in [0.29, 0.717) is 11.2 Å². The van der Waals surface area contributed by atoms with Crippen LogP contribution in [-0.2, 0) is 32.9 Å². The van der Waals surface area contributed by atoms with Gasteiger partial charge in [0.2, 0.25) is 5.95 Å². The third-order valence-corrected chi connectivity index (χ3v) is 8.90. The number of aromatic nitrogens is 9. The van der Waals surface area contributed by atoms with Crippen LogP contribution in [0.4, 0.5) is 16.2 Å². The number of aliphatic hydroxyl groups is 1. The topological polar surface area (TPSA) is 265 Å². The molecular weight excluding hydrogens is 620 g/mol. The number of fused-ring (bicyclic) bond motifs is 3. The maximum Gasteiger partial charge on any atom is 0.386 e. The van der Waals surface area contributed by atoms with E-state index in [0.717, 1.165) is 4.68 Å². The Morgan fingerprint density at radius 2 is 2.05 bits per heavy atom. The molecule has 3 aliphatic rings. The van der Waals surface area contributed by atoms with Gasteiger partial charge in [-0.3, -0.25) is 23.4 Å². The predicted molar refractivity (Wildman–Crippen MR) is 142 cm³/mol. The predicted octanol–water partition coefficient (Wildman–Crippen LogP) is -0.827. The molecule has 23 heteroatoms. The Morgan fingerprint density at radius 3 is 2.79 bits per heavy atom. The number of nitrogens with one attached hydrogen (secondary N) is 1. The Balaban J connectivity index is 1.11. The van der Waals surface area contributed by atoms with Crippen LogP contribution in [0.2, 0.25) is 0 Å². The van der Waals surface area contributed by atoms with Crippen molar-refractivity contribution in [2.24, 2.45) is 0 Å². The minimum atomic E-state index is -4.39. The van der Waals surface area contributed by atoms with E-state index in [1.54, 1.807) is 11.5 Å². The molecule has 3 fully saturated rings. The third-order valence-electron chi connectivity index (χ3n) is 7.31. The van der Waals surface area contributed by atoms with Crippen LogP contribution in [0.3, 0.4) is 0 Å². The monoisotopic (exact) mass is 643 g/mol. The first-order valence-corrected chi connectivity index (χ1v) is 15.3. The summed E-state index contributed by atoms with van der Waals surface area (Å²) in [5.41, 5.74) is 9.93. The number of alkyl halides is 1. The van der Waals surface area contributed by atoms with E-state index in [1.807, 2.05) is 0 Å². The average molecular weight is 644 g/mol. The van der Waals surface area contributed by atoms with E-state index >= 15 is 4.39 Å². The van der Waals surface area contributed by atoms with Crippen molar-refractivity contribution in [1.29, 1.82) is 0 Å². The van der Waals surface area contributed by atoms with Crippen molar-refractivity contribution >= 4 is 53.1 Å². The summed E-state index contributed by atoms with van der Waals surface area (Å²) in [6.07, 6.45) is -5.99. The van der Waals surface area contributed by atoms with Crippen LogP contribution in [0, 0.1) is 0 Å². The fourth-order valence-electron chi connectivity index (χ4n) is 5.19. The molecule has 7 heterocycles. The normalized spacial score (nSPS) is 33.5. The summed E-state index contributed by atoms with van der Waals surface area (Å²) in [6, 6.07) is 0. The Hall–Kier alpha value is -3.34. The number of hydrogen-bond donors (Lipinski definition) is 5. The second-order valence-electron chi connectivity index (χ2n) is 10.1. The molecule has 9 atom stereocenters. The summed E-state index contributed by atoms with van der Waals surface area (Å²) in [7, 11) is 0. The maximum atomic E-state index is 15.4. The van der Waals surface area contributed by atoms with E-state index in [-0.39, 0.29) is 22.9 Å². The van der Waals surface area contributed by atoms with Crippen molar-refractivity contribution in [3.63, 3.8) is 0 Å². The lowest BCUT2D eigenvalue weighted by atomic mass is 9.97. The third kappa shape index (κ3) is 4.57. The van der Waals surface area contributed by atoms with Gasteiger partial charge in [-0.25, -0.2) is 33.7 Å². The molecule has 0 spiro atoms. The number of aromatic amines is 1. The van der Waals surface area contributed by atoms with Gasteiger partial charge in [0.15, 0.2) is 53.5 Å². The smallest absolute Gasteiger partial charge is 0.386 e. The number of halogens is 1. The first-order chi connectivity index (χ1) is 20.5. The molecule has 0 aliphatic carbocycles. The van der Waals surface area contributed by atoms with Crippen molar-refractivity contribution in [2.45, 2.75) is 55.6 Å². The maximum absolute atomic E-state index is 15.4. The molecule has 6 N–H and O–H groups in total. The molecule has 3 aliphatic heterocycles. The molecule has 0 amide bonds. The lowest BCUT2D eigenvalue weighted by molar-refractivity contribution is -0.468. The number of anilines is 2. The number of H-pyrrole nitrogens is 1. The van der Waals surface area contributed by atoms with Crippen molar-refractivity contribution in [3.8, 4) is 0 Å². The van der Waals surface area contributed by atoms with Gasteiger partial charge in [0, 0.05) is 0 Å². The van der Waals surface area contributed by atoms with Gasteiger partial charge >= 0.3 is 6.80 Å². The van der Waals surface area contributed by atoms with E-state index in [1.165, 1.54) is 12.7 Å². The Bertz CT molecular complexity index is 1830. The molecule has 230 valence electrons. The van der Waals surface area contributed by atoms with Crippen LogP contribution in [-0.4, -0.2) is 99.0 Å². The van der Waals surface area contributed by atoms with Crippen LogP contribution in [0.1, 0.15) is 19.4 Å². The molecule has 3 saturated heterocycles. The van der Waals surface area contributed by atoms with Crippen LogP contribution in [0.25, 0.3) is 22.3 Å². The zero-order chi connectivity index (χ0) is 30.3. The van der Waals surface area contributed by atoms with Gasteiger partial charge in [0.05, 0.1) is 19.5 Å². The minimum absolute atomic E-state index is 0.161. The molecule has 0 radical (unpaired) electrons. The van der Waals surface area contributed by atoms with Gasteiger partial charge in [0.25, 0.3) is 5.56 Å². The quantitative estimate of drug-likeness (QED) is 0.0891. The van der Waals surface area contributed by atoms with Crippen molar-refractivity contribution < 1.29 is 42.4 Å². The summed E-state index contributed by atoms with van der Waals surface area (Å²) in [5, 5.41) is 17.2. The molecule has 4 aromatic rings. The standard InChI is InChI=1S/C20H23FN11O9PS/c1-20(12-11(39-40-12)17(38-20)31-5-26-8-13(22)24-4-25-14(8)31)3-36-42(35,43)41-10-7(21)6(2-33)37-18(10)32-15-9(29-30-32)16(34)28-19(23)27-15/h4-7,10-12,17-18,33H,2-3H2,1H3,(H,35,43)(H2,22,24,25)(H3,23,27,28,34)/t6-,7+,10-,11-,12+,17-,18-,20-,42?/m1/s1. The molecule has 0 bridgehead atoms. The molecule has 0 saturated carbocycles. The first kappa shape index (κ1) is 28.4. The van der Waals surface area contributed by atoms with E-state index in [2.05, 4.69) is 47.5 Å². The zero-order valence-corrected chi connectivity index (χ0v) is 23.6. The van der Waals surface area contributed by atoms with Crippen molar-refractivity contribution in [1.82, 2.24) is 44.5 Å². The number of hydrogen-bond acceptors (Lipinski definition) is 17. The molecule has 0 aromatic carbocycles. The highest BCUT2D eigenvalue weighted by molar-refractivity contribution is 8.44. The summed E-state index contributed by atoms with van der Waals surface area (Å²) in [6.45, 7) is -3.93. The summed E-state index contributed by atoms with van der Waals surface area (Å²) in [4.78, 5) is 41.4. The zero-order valence-electron chi connectivity index (χ0n) is 21.8. The number of thiol groups is 1. The second-order valence-corrected chi connectivity index (χ2v) is 13.0. The van der Waals surface area contributed by atoms with Gasteiger partial charge in [-0.05, 0) is 6.92 Å². The van der Waals surface area contributed by atoms with Crippen LogP contribution in [0.15, 0.2) is 17.4 Å². The molecule has 20 nitrogen and oxygen atoms in total. The average Bonchev–Trinajstić information content (AvgIpc) is 3.66. The number of nitrogens with zero attached hydrogens (tertiary/aromatic N) is 8. The van der Waals surface area contributed by atoms with Crippen LogP contribution in [0.5, 0.6) is 0 Å². The fourth-order valence-corrected chi connectivity index (χ4v) is 6.70. The molecule has 43 heavy (non-hydrogen) atoms. The Kier molecular flexibility index (Phi) is 6.68. The number of nitrogen functional groups attached to an aromatic ring is 2. The SMILES string of the molecule is C[C@]1(COP(=O)(S)O[C@@H]2[C@@H](F)[C@@H](CO)O[C@H]2n2nnc3c(=O)[nH]c(N)nc32)O[C@@H](n2cnc3c(N)ncnc32)[C@@H]2OO[C@@H]21. The van der Waals surface area contributed by atoms with Gasteiger partial charge in [-0.2, -0.15) is 9.67 Å². The van der Waals surface area contributed by atoms with Crippen LogP contribution < -0.4 is 17.0 Å². The van der Waals surface area contributed by atoms with Gasteiger partial charge < -0.3 is 26.0 Å². The minimum Gasteiger partial charge on any atom is -0.394 e. The Labute approximate surface area is 243 Å². The van der Waals surface area contributed by atoms with Gasteiger partial charge in [0.1, 0.15) is 29.7 Å². The summed E-state index contributed by atoms with van der Waals surface area (Å²) >= 11 is 4.04. The summed E-state index contributed by atoms with van der Waals surface area (Å²) < 4.78 is 54.3. The van der Waals surface area contributed by atoms with Crippen LogP contribution >= 0.6 is 19.0 Å². The molecule has 1 unspecified atom stereocenters. The number of imidazole rings is 1. The highest BCUT2D eigenvalue weighted by atomic mass is 32.7. The highest BCUT2D eigenvalue weighted by Gasteiger charge is 2.62. The number of nitrogens with two attached hydrogens (primary N) is 2. The summed E-state index contributed by atoms with van der Waals surface area (Å²) in [5.74, 6) is -0.0875. The largest absolute Gasteiger partial charge is 0.394 e. The van der Waals surface area contributed by atoms with E-state index in [9.17, 15) is 14.5 Å². The van der Waals surface area contributed by atoms with Gasteiger partial charge in [-0.1, -0.05) is 17.5 Å². The first-order valence-electron chi connectivity index (χ1n) is 12.6. The Morgan fingerprint density at radius 1 is 1.23 bits per heavy atom. The van der Waals surface area contributed by atoms with E-state index < -0.39 is 74.2 Å². The fraction of sp³-hybridized carbons (Fsp3) is 0.550. The van der Waals surface area contributed by atoms with E-state index in [4.69, 9.17) is 39.8 Å².